The first-order chi connectivity index (χ1) is 5.04. The predicted octanol–water partition coefficient (Wildman–Crippen LogP) is 0.674. The van der Waals surface area contributed by atoms with Gasteiger partial charge in [0.1, 0.15) is 0 Å². The Morgan fingerprint density at radius 1 is 1.45 bits per heavy atom. The second-order valence-electron chi connectivity index (χ2n) is 2.84. The Labute approximate surface area is 67.8 Å². The average molecular weight is 159 g/mol. The van der Waals surface area contributed by atoms with E-state index < -0.39 is 5.60 Å². The molecule has 0 radical (unpaired) electrons. The van der Waals surface area contributed by atoms with E-state index >= 15 is 0 Å². The van der Waals surface area contributed by atoms with Crippen LogP contribution in [0.5, 0.6) is 0 Å². The van der Waals surface area contributed by atoms with Crippen molar-refractivity contribution in [3.8, 4) is 0 Å². The summed E-state index contributed by atoms with van der Waals surface area (Å²) in [4.78, 5) is 10.5. The molecule has 11 heavy (non-hydrogen) atoms. The van der Waals surface area contributed by atoms with E-state index in [0.29, 0.717) is 19.4 Å². The highest BCUT2D eigenvalue weighted by molar-refractivity contribution is 5.72. The van der Waals surface area contributed by atoms with Crippen LogP contribution in [0, 0.1) is 0 Å². The second kappa shape index (κ2) is 4.34. The van der Waals surface area contributed by atoms with Crippen molar-refractivity contribution in [1.82, 2.24) is 5.32 Å². The molecule has 0 saturated carbocycles. The number of carbonyl (C=O) groups is 1. The van der Waals surface area contributed by atoms with Gasteiger partial charge in [-0.1, -0.05) is 13.8 Å². The maximum absolute atomic E-state index is 10.5. The van der Waals surface area contributed by atoms with Crippen LogP contribution in [0.2, 0.25) is 0 Å². The summed E-state index contributed by atoms with van der Waals surface area (Å²) < 4.78 is 0. The van der Waals surface area contributed by atoms with Crippen molar-refractivity contribution >= 4 is 5.91 Å². The minimum Gasteiger partial charge on any atom is -0.388 e. The van der Waals surface area contributed by atoms with E-state index in [1.807, 2.05) is 13.8 Å². The molecule has 0 aliphatic heterocycles. The molecule has 0 aliphatic rings. The molecule has 3 nitrogen and oxygen atoms in total. The lowest BCUT2D eigenvalue weighted by Crippen LogP contribution is -2.41. The Hall–Kier alpha value is -0.570. The van der Waals surface area contributed by atoms with Gasteiger partial charge in [0.05, 0.1) is 5.60 Å². The lowest BCUT2D eigenvalue weighted by atomic mass is 9.98. The van der Waals surface area contributed by atoms with E-state index in [1.54, 1.807) is 0 Å². The molecule has 0 aromatic heterocycles. The van der Waals surface area contributed by atoms with Crippen LogP contribution in [0.4, 0.5) is 0 Å². The molecular weight excluding hydrogens is 142 g/mol. The van der Waals surface area contributed by atoms with Gasteiger partial charge in [-0.15, -0.1) is 0 Å². The van der Waals surface area contributed by atoms with Crippen molar-refractivity contribution in [3.63, 3.8) is 0 Å². The maximum Gasteiger partial charge on any atom is 0.216 e. The van der Waals surface area contributed by atoms with Crippen molar-refractivity contribution in [1.29, 1.82) is 0 Å². The Bertz CT molecular complexity index is 130. The van der Waals surface area contributed by atoms with Gasteiger partial charge in [0.15, 0.2) is 0 Å². The molecule has 2 N–H and O–H groups in total. The zero-order chi connectivity index (χ0) is 8.91. The van der Waals surface area contributed by atoms with Gasteiger partial charge < -0.3 is 10.4 Å². The van der Waals surface area contributed by atoms with Crippen LogP contribution in [-0.4, -0.2) is 23.2 Å². The highest BCUT2D eigenvalue weighted by Gasteiger charge is 2.21. The van der Waals surface area contributed by atoms with Gasteiger partial charge >= 0.3 is 0 Å². The van der Waals surface area contributed by atoms with Gasteiger partial charge in [0.2, 0.25) is 5.91 Å². The SMILES string of the molecule is CCC(O)(CC)CNC(C)=O. The van der Waals surface area contributed by atoms with E-state index in [4.69, 9.17) is 0 Å². The summed E-state index contributed by atoms with van der Waals surface area (Å²) in [6.45, 7) is 5.62. The third-order valence-corrected chi connectivity index (χ3v) is 1.98. The molecule has 0 spiro atoms. The molecule has 0 saturated heterocycles. The van der Waals surface area contributed by atoms with E-state index in [9.17, 15) is 9.90 Å². The quantitative estimate of drug-likeness (QED) is 0.633. The van der Waals surface area contributed by atoms with Gasteiger partial charge in [-0.25, -0.2) is 0 Å². The first kappa shape index (κ1) is 10.4. The van der Waals surface area contributed by atoms with E-state index in [2.05, 4.69) is 5.32 Å². The highest BCUT2D eigenvalue weighted by Crippen LogP contribution is 2.12. The van der Waals surface area contributed by atoms with Gasteiger partial charge in [-0.2, -0.15) is 0 Å². The van der Waals surface area contributed by atoms with Crippen molar-refractivity contribution < 1.29 is 9.90 Å². The standard InChI is InChI=1S/C8H17NO2/c1-4-8(11,5-2)6-9-7(3)10/h11H,4-6H2,1-3H3,(H,9,10). The first-order valence-electron chi connectivity index (χ1n) is 4.01. The number of hydrogen-bond acceptors (Lipinski definition) is 2. The molecule has 1 amide bonds. The normalized spacial score (nSPS) is 11.3. The predicted molar refractivity (Wildman–Crippen MR) is 44.2 cm³/mol. The molecule has 0 atom stereocenters. The highest BCUT2D eigenvalue weighted by atomic mass is 16.3. The Morgan fingerprint density at radius 3 is 2.18 bits per heavy atom. The minimum atomic E-state index is -0.717. The van der Waals surface area contributed by atoms with Crippen molar-refractivity contribution in [2.45, 2.75) is 39.2 Å². The zero-order valence-corrected chi connectivity index (χ0v) is 7.48. The fraction of sp³-hybridized carbons (Fsp3) is 0.875. The summed E-state index contributed by atoms with van der Waals surface area (Å²) in [7, 11) is 0. The van der Waals surface area contributed by atoms with Crippen molar-refractivity contribution in [2.75, 3.05) is 6.54 Å². The number of nitrogens with one attached hydrogen (secondary N) is 1. The van der Waals surface area contributed by atoms with Crippen LogP contribution in [0.3, 0.4) is 0 Å². The third kappa shape index (κ3) is 3.98. The number of aliphatic hydroxyl groups is 1. The molecular formula is C8H17NO2. The van der Waals surface area contributed by atoms with Crippen LogP contribution in [-0.2, 0) is 4.79 Å². The Balaban J connectivity index is 3.78. The van der Waals surface area contributed by atoms with Crippen molar-refractivity contribution in [3.05, 3.63) is 0 Å². The van der Waals surface area contributed by atoms with Crippen molar-refractivity contribution in [2.24, 2.45) is 0 Å². The number of carbonyl (C=O) groups excluding carboxylic acids is 1. The van der Waals surface area contributed by atoms with Gasteiger partial charge in [-0.3, -0.25) is 4.79 Å². The third-order valence-electron chi connectivity index (χ3n) is 1.98. The van der Waals surface area contributed by atoms with Crippen LogP contribution < -0.4 is 5.32 Å². The monoisotopic (exact) mass is 159 g/mol. The Kier molecular flexibility index (Phi) is 4.11. The molecule has 0 bridgehead atoms. The molecule has 0 aliphatic carbocycles. The maximum atomic E-state index is 10.5. The summed E-state index contributed by atoms with van der Waals surface area (Å²) in [5, 5.41) is 12.3. The molecule has 0 aromatic carbocycles. The Morgan fingerprint density at radius 2 is 1.91 bits per heavy atom. The van der Waals surface area contributed by atoms with Gasteiger partial charge in [0, 0.05) is 13.5 Å². The molecule has 0 unspecified atom stereocenters. The summed E-state index contributed by atoms with van der Waals surface area (Å²) in [6.07, 6.45) is 1.34. The van der Waals surface area contributed by atoms with Gasteiger partial charge in [0.25, 0.3) is 0 Å². The summed E-state index contributed by atoms with van der Waals surface area (Å²) in [5.41, 5.74) is -0.717. The fourth-order valence-electron chi connectivity index (χ4n) is 0.789. The molecule has 0 rings (SSSR count). The van der Waals surface area contributed by atoms with Crippen LogP contribution in [0.25, 0.3) is 0 Å². The first-order valence-corrected chi connectivity index (χ1v) is 4.01. The van der Waals surface area contributed by atoms with Gasteiger partial charge in [-0.05, 0) is 12.8 Å². The number of amides is 1. The average Bonchev–Trinajstić information content (AvgIpc) is 2.00. The lowest BCUT2D eigenvalue weighted by Gasteiger charge is -2.24. The summed E-state index contributed by atoms with van der Waals surface area (Å²) in [5.74, 6) is -0.0923. The summed E-state index contributed by atoms with van der Waals surface area (Å²) in [6, 6.07) is 0. The minimum absolute atomic E-state index is 0.0923. The topological polar surface area (TPSA) is 49.3 Å². The lowest BCUT2D eigenvalue weighted by molar-refractivity contribution is -0.120. The smallest absolute Gasteiger partial charge is 0.216 e. The zero-order valence-electron chi connectivity index (χ0n) is 7.48. The number of rotatable bonds is 4. The molecule has 3 heteroatoms. The van der Waals surface area contributed by atoms with E-state index in [1.165, 1.54) is 6.92 Å². The van der Waals surface area contributed by atoms with Crippen LogP contribution >= 0.6 is 0 Å². The number of hydrogen-bond donors (Lipinski definition) is 2. The largest absolute Gasteiger partial charge is 0.388 e. The van der Waals surface area contributed by atoms with E-state index in [-0.39, 0.29) is 5.91 Å². The molecule has 0 heterocycles. The molecule has 66 valence electrons. The molecule has 0 fully saturated rings. The van der Waals surface area contributed by atoms with E-state index in [0.717, 1.165) is 0 Å². The fourth-order valence-corrected chi connectivity index (χ4v) is 0.789. The van der Waals surface area contributed by atoms with Crippen LogP contribution in [0.15, 0.2) is 0 Å². The van der Waals surface area contributed by atoms with Crippen LogP contribution in [0.1, 0.15) is 33.6 Å². The summed E-state index contributed by atoms with van der Waals surface area (Å²) >= 11 is 0. The molecule has 0 aromatic rings. The second-order valence-corrected chi connectivity index (χ2v) is 2.84.